The Bertz CT molecular complexity index is 699. The number of aromatic nitrogens is 1. The van der Waals surface area contributed by atoms with Gasteiger partial charge in [-0.15, -0.1) is 0 Å². The SMILES string of the molecule is N#Cc1cc(Cn2cc3c(c2)C(O)CCCC3)ccc1F. The molecule has 1 unspecified atom stereocenters. The molecule has 0 saturated carbocycles. The van der Waals surface area contributed by atoms with Gasteiger partial charge in [-0.2, -0.15) is 5.26 Å². The first-order valence-electron chi connectivity index (χ1n) is 7.22. The van der Waals surface area contributed by atoms with Crippen LogP contribution in [-0.2, 0) is 13.0 Å². The molecule has 0 bridgehead atoms. The minimum absolute atomic E-state index is 0.0706. The summed E-state index contributed by atoms with van der Waals surface area (Å²) >= 11 is 0. The zero-order valence-electron chi connectivity index (χ0n) is 11.7. The van der Waals surface area contributed by atoms with Crippen molar-refractivity contribution in [2.75, 3.05) is 0 Å². The van der Waals surface area contributed by atoms with Crippen molar-refractivity contribution in [1.29, 1.82) is 5.26 Å². The van der Waals surface area contributed by atoms with E-state index in [0.717, 1.165) is 36.8 Å². The Morgan fingerprint density at radius 2 is 2.19 bits per heavy atom. The summed E-state index contributed by atoms with van der Waals surface area (Å²) in [6.45, 7) is 0.578. The molecule has 3 nitrogen and oxygen atoms in total. The largest absolute Gasteiger partial charge is 0.388 e. The predicted molar refractivity (Wildman–Crippen MR) is 77.2 cm³/mol. The minimum Gasteiger partial charge on any atom is -0.388 e. The van der Waals surface area contributed by atoms with Gasteiger partial charge in [0.15, 0.2) is 0 Å². The van der Waals surface area contributed by atoms with Crippen molar-refractivity contribution in [2.45, 2.75) is 38.3 Å². The van der Waals surface area contributed by atoms with Crippen LogP contribution in [0.25, 0.3) is 0 Å². The van der Waals surface area contributed by atoms with Crippen LogP contribution in [-0.4, -0.2) is 9.67 Å². The summed E-state index contributed by atoms with van der Waals surface area (Å²) in [6, 6.07) is 6.46. The van der Waals surface area contributed by atoms with Gasteiger partial charge in [-0.25, -0.2) is 4.39 Å². The number of rotatable bonds is 2. The number of aliphatic hydroxyl groups is 1. The number of fused-ring (bicyclic) bond motifs is 1. The Labute approximate surface area is 123 Å². The molecule has 3 rings (SSSR count). The fourth-order valence-corrected chi connectivity index (χ4v) is 2.95. The minimum atomic E-state index is -0.486. The van der Waals surface area contributed by atoms with Crippen molar-refractivity contribution >= 4 is 0 Å². The van der Waals surface area contributed by atoms with Gasteiger partial charge in [0.05, 0.1) is 11.7 Å². The maximum atomic E-state index is 13.3. The molecule has 0 amide bonds. The monoisotopic (exact) mass is 284 g/mol. The molecule has 0 fully saturated rings. The summed E-state index contributed by atoms with van der Waals surface area (Å²) in [5.74, 6) is -0.486. The summed E-state index contributed by atoms with van der Waals surface area (Å²) in [7, 11) is 0. The molecule has 2 aromatic rings. The Kier molecular flexibility index (Phi) is 3.76. The smallest absolute Gasteiger partial charge is 0.140 e. The van der Waals surface area contributed by atoms with E-state index >= 15 is 0 Å². The van der Waals surface area contributed by atoms with E-state index in [2.05, 4.69) is 6.20 Å². The third-order valence-electron chi connectivity index (χ3n) is 4.05. The van der Waals surface area contributed by atoms with Crippen molar-refractivity contribution < 1.29 is 9.50 Å². The van der Waals surface area contributed by atoms with Crippen LogP contribution in [0.5, 0.6) is 0 Å². The summed E-state index contributed by atoms with van der Waals surface area (Å²) in [6.07, 6.45) is 7.60. The van der Waals surface area contributed by atoms with Crippen LogP contribution in [0.15, 0.2) is 30.6 Å². The Morgan fingerprint density at radius 3 is 3.00 bits per heavy atom. The number of hydrogen-bond donors (Lipinski definition) is 1. The highest BCUT2D eigenvalue weighted by atomic mass is 19.1. The number of nitriles is 1. The number of aryl methyl sites for hydroxylation is 1. The number of halogens is 1. The molecule has 108 valence electrons. The molecule has 0 saturated heterocycles. The first kappa shape index (κ1) is 13.8. The molecule has 0 aliphatic heterocycles. The average molecular weight is 284 g/mol. The second-order valence-corrected chi connectivity index (χ2v) is 5.60. The lowest BCUT2D eigenvalue weighted by atomic mass is 10.1. The maximum absolute atomic E-state index is 13.3. The van der Waals surface area contributed by atoms with Gasteiger partial charge in [0.2, 0.25) is 0 Å². The van der Waals surface area contributed by atoms with Crippen LogP contribution in [0, 0.1) is 17.1 Å². The summed E-state index contributed by atoms with van der Waals surface area (Å²) in [4.78, 5) is 0. The van der Waals surface area contributed by atoms with Crippen LogP contribution >= 0.6 is 0 Å². The first-order chi connectivity index (χ1) is 10.2. The normalized spacial score (nSPS) is 17.9. The van der Waals surface area contributed by atoms with E-state index in [4.69, 9.17) is 5.26 Å². The molecule has 1 N–H and O–H groups in total. The third-order valence-corrected chi connectivity index (χ3v) is 4.05. The van der Waals surface area contributed by atoms with Crippen molar-refractivity contribution in [3.05, 3.63) is 58.7 Å². The van der Waals surface area contributed by atoms with E-state index < -0.39 is 5.82 Å². The van der Waals surface area contributed by atoms with Crippen molar-refractivity contribution in [2.24, 2.45) is 0 Å². The van der Waals surface area contributed by atoms with E-state index in [1.54, 1.807) is 12.1 Å². The molecular formula is C17H17FN2O. The van der Waals surface area contributed by atoms with Crippen molar-refractivity contribution in [3.63, 3.8) is 0 Å². The van der Waals surface area contributed by atoms with Gasteiger partial charge in [-0.05, 0) is 42.5 Å². The van der Waals surface area contributed by atoms with Gasteiger partial charge < -0.3 is 9.67 Å². The molecule has 21 heavy (non-hydrogen) atoms. The van der Waals surface area contributed by atoms with Gasteiger partial charge in [0.1, 0.15) is 11.9 Å². The molecular weight excluding hydrogens is 267 g/mol. The molecule has 4 heteroatoms. The van der Waals surface area contributed by atoms with Crippen LogP contribution in [0.1, 0.15) is 47.6 Å². The fourth-order valence-electron chi connectivity index (χ4n) is 2.95. The van der Waals surface area contributed by atoms with Crippen LogP contribution in [0.2, 0.25) is 0 Å². The van der Waals surface area contributed by atoms with E-state index in [-0.39, 0.29) is 11.7 Å². The number of aliphatic hydroxyl groups excluding tert-OH is 1. The van der Waals surface area contributed by atoms with E-state index in [9.17, 15) is 9.50 Å². The van der Waals surface area contributed by atoms with Crippen LogP contribution in [0.3, 0.4) is 0 Å². The lowest BCUT2D eigenvalue weighted by Crippen LogP contribution is -1.99. The highest BCUT2D eigenvalue weighted by Gasteiger charge is 2.18. The molecule has 1 heterocycles. The highest BCUT2D eigenvalue weighted by Crippen LogP contribution is 2.29. The van der Waals surface area contributed by atoms with E-state index in [1.807, 2.05) is 16.8 Å². The quantitative estimate of drug-likeness (QED) is 0.860. The zero-order valence-corrected chi connectivity index (χ0v) is 11.7. The number of nitrogens with zero attached hydrogens (tertiary/aromatic N) is 2. The molecule has 1 aliphatic rings. The lowest BCUT2D eigenvalue weighted by Gasteiger charge is -2.07. The standard InChI is InChI=1S/C17H17FN2O/c18-16-6-5-12(7-14(16)8-19)9-20-10-13-3-1-2-4-17(21)15(13)11-20/h5-7,10-11,17,21H,1-4,9H2. The van der Waals surface area contributed by atoms with Gasteiger partial charge in [-0.1, -0.05) is 12.5 Å². The number of hydrogen-bond acceptors (Lipinski definition) is 2. The second kappa shape index (κ2) is 5.71. The maximum Gasteiger partial charge on any atom is 0.140 e. The number of benzene rings is 1. The highest BCUT2D eigenvalue weighted by molar-refractivity contribution is 5.35. The van der Waals surface area contributed by atoms with Gasteiger partial charge >= 0.3 is 0 Å². The van der Waals surface area contributed by atoms with E-state index in [1.165, 1.54) is 11.6 Å². The summed E-state index contributed by atoms with van der Waals surface area (Å²) in [5, 5.41) is 19.0. The zero-order chi connectivity index (χ0) is 14.8. The molecule has 1 aliphatic carbocycles. The molecule has 1 atom stereocenters. The summed E-state index contributed by atoms with van der Waals surface area (Å²) < 4.78 is 15.3. The van der Waals surface area contributed by atoms with Gasteiger partial charge in [-0.3, -0.25) is 0 Å². The van der Waals surface area contributed by atoms with Crippen LogP contribution < -0.4 is 0 Å². The molecule has 0 spiro atoms. The van der Waals surface area contributed by atoms with Gasteiger partial charge in [0.25, 0.3) is 0 Å². The lowest BCUT2D eigenvalue weighted by molar-refractivity contribution is 0.166. The average Bonchev–Trinajstić information content (AvgIpc) is 2.80. The van der Waals surface area contributed by atoms with Crippen molar-refractivity contribution in [1.82, 2.24) is 4.57 Å². The fraction of sp³-hybridized carbons (Fsp3) is 0.353. The van der Waals surface area contributed by atoms with Crippen molar-refractivity contribution in [3.8, 4) is 6.07 Å². The predicted octanol–water partition coefficient (Wildman–Crippen LogP) is 3.31. The topological polar surface area (TPSA) is 49.0 Å². The Hall–Kier alpha value is -2.12. The molecule has 1 aromatic carbocycles. The molecule has 0 radical (unpaired) electrons. The first-order valence-corrected chi connectivity index (χ1v) is 7.22. The Balaban J connectivity index is 1.86. The summed E-state index contributed by atoms with van der Waals surface area (Å²) in [5.41, 5.74) is 3.16. The van der Waals surface area contributed by atoms with Crippen LogP contribution in [0.4, 0.5) is 4.39 Å². The van der Waals surface area contributed by atoms with E-state index in [0.29, 0.717) is 6.54 Å². The third kappa shape index (κ3) is 2.84. The van der Waals surface area contributed by atoms with Gasteiger partial charge in [0, 0.05) is 24.5 Å². The molecule has 1 aromatic heterocycles. The Morgan fingerprint density at radius 1 is 1.33 bits per heavy atom. The second-order valence-electron chi connectivity index (χ2n) is 5.60.